The largest absolute Gasteiger partial charge is 0.303 e. The number of fused-ring (bicyclic) bond motifs is 1. The Labute approximate surface area is 114 Å². The lowest BCUT2D eigenvalue weighted by atomic mass is 9.79. The first kappa shape index (κ1) is 14.3. The number of hydrogen-bond donors (Lipinski definition) is 0. The molecule has 2 aliphatic rings. The standard InChI is InChI=1S/C16H32N2/c1-13(2)10-17-8-6-15-12-18(16(3,4)5)9-7-14(15)11-17/h13-15H,6-12H2,1-5H3. The first-order valence-corrected chi connectivity index (χ1v) is 7.83. The zero-order valence-corrected chi connectivity index (χ0v) is 13.1. The summed E-state index contributed by atoms with van der Waals surface area (Å²) in [7, 11) is 0. The van der Waals surface area contributed by atoms with Crippen LogP contribution in [0.5, 0.6) is 0 Å². The van der Waals surface area contributed by atoms with Gasteiger partial charge in [0.2, 0.25) is 0 Å². The maximum Gasteiger partial charge on any atom is 0.0125 e. The monoisotopic (exact) mass is 252 g/mol. The van der Waals surface area contributed by atoms with E-state index in [9.17, 15) is 0 Å². The van der Waals surface area contributed by atoms with Crippen LogP contribution in [0.15, 0.2) is 0 Å². The fourth-order valence-electron chi connectivity index (χ4n) is 3.71. The van der Waals surface area contributed by atoms with Crippen molar-refractivity contribution < 1.29 is 0 Å². The van der Waals surface area contributed by atoms with E-state index >= 15 is 0 Å². The molecule has 2 fully saturated rings. The van der Waals surface area contributed by atoms with Crippen LogP contribution in [0.2, 0.25) is 0 Å². The smallest absolute Gasteiger partial charge is 0.0125 e. The topological polar surface area (TPSA) is 6.48 Å². The zero-order valence-electron chi connectivity index (χ0n) is 13.1. The van der Waals surface area contributed by atoms with Gasteiger partial charge in [-0.3, -0.25) is 4.90 Å². The van der Waals surface area contributed by atoms with E-state index in [1.807, 2.05) is 0 Å². The van der Waals surface area contributed by atoms with Crippen LogP contribution in [-0.4, -0.2) is 48.1 Å². The van der Waals surface area contributed by atoms with Crippen LogP contribution in [0.3, 0.4) is 0 Å². The molecule has 0 aromatic rings. The van der Waals surface area contributed by atoms with Gasteiger partial charge in [0.1, 0.15) is 0 Å². The second-order valence-corrected chi connectivity index (χ2v) is 7.87. The van der Waals surface area contributed by atoms with Gasteiger partial charge < -0.3 is 4.90 Å². The van der Waals surface area contributed by atoms with Crippen LogP contribution >= 0.6 is 0 Å². The molecule has 0 bridgehead atoms. The second kappa shape index (κ2) is 5.50. The van der Waals surface area contributed by atoms with Gasteiger partial charge in [0, 0.05) is 25.2 Å². The van der Waals surface area contributed by atoms with E-state index in [2.05, 4.69) is 44.4 Å². The number of piperidine rings is 2. The van der Waals surface area contributed by atoms with Crippen molar-refractivity contribution in [1.82, 2.24) is 9.80 Å². The van der Waals surface area contributed by atoms with Gasteiger partial charge in [0.05, 0.1) is 0 Å². The number of hydrogen-bond acceptors (Lipinski definition) is 2. The van der Waals surface area contributed by atoms with Gasteiger partial charge in [0.15, 0.2) is 0 Å². The zero-order chi connectivity index (χ0) is 13.3. The lowest BCUT2D eigenvalue weighted by Gasteiger charge is -2.49. The molecule has 18 heavy (non-hydrogen) atoms. The van der Waals surface area contributed by atoms with Crippen molar-refractivity contribution in [2.45, 2.75) is 53.0 Å². The molecule has 0 aliphatic carbocycles. The molecule has 2 unspecified atom stereocenters. The number of nitrogens with zero attached hydrogens (tertiary/aromatic N) is 2. The van der Waals surface area contributed by atoms with Crippen molar-refractivity contribution in [3.05, 3.63) is 0 Å². The summed E-state index contributed by atoms with van der Waals surface area (Å²) in [4.78, 5) is 5.41. The maximum absolute atomic E-state index is 2.71. The van der Waals surface area contributed by atoms with E-state index < -0.39 is 0 Å². The SMILES string of the molecule is CC(C)CN1CCC2CN(C(C)(C)C)CCC2C1. The highest BCUT2D eigenvalue weighted by molar-refractivity contribution is 4.90. The first-order valence-electron chi connectivity index (χ1n) is 7.83. The van der Waals surface area contributed by atoms with Gasteiger partial charge in [0.25, 0.3) is 0 Å². The van der Waals surface area contributed by atoms with Gasteiger partial charge in [-0.2, -0.15) is 0 Å². The summed E-state index contributed by atoms with van der Waals surface area (Å²) in [6, 6.07) is 0. The Morgan fingerprint density at radius 2 is 1.61 bits per heavy atom. The molecule has 0 aromatic carbocycles. The Hall–Kier alpha value is -0.0800. The number of likely N-dealkylation sites (tertiary alicyclic amines) is 2. The van der Waals surface area contributed by atoms with Crippen molar-refractivity contribution in [3.8, 4) is 0 Å². The highest BCUT2D eigenvalue weighted by atomic mass is 15.2. The van der Waals surface area contributed by atoms with Gasteiger partial charge in [-0.15, -0.1) is 0 Å². The van der Waals surface area contributed by atoms with Gasteiger partial charge in [-0.05, 0) is 64.5 Å². The van der Waals surface area contributed by atoms with Crippen LogP contribution in [0.25, 0.3) is 0 Å². The fourth-order valence-corrected chi connectivity index (χ4v) is 3.71. The molecule has 0 saturated carbocycles. The van der Waals surface area contributed by atoms with E-state index in [-0.39, 0.29) is 0 Å². The highest BCUT2D eigenvalue weighted by Crippen LogP contribution is 2.34. The molecular weight excluding hydrogens is 220 g/mol. The van der Waals surface area contributed by atoms with Crippen LogP contribution < -0.4 is 0 Å². The summed E-state index contributed by atoms with van der Waals surface area (Å²) in [5, 5.41) is 0. The summed E-state index contributed by atoms with van der Waals surface area (Å²) < 4.78 is 0. The molecule has 2 heterocycles. The van der Waals surface area contributed by atoms with Crippen molar-refractivity contribution in [3.63, 3.8) is 0 Å². The molecule has 0 spiro atoms. The predicted molar refractivity (Wildman–Crippen MR) is 78.8 cm³/mol. The fraction of sp³-hybridized carbons (Fsp3) is 1.00. The first-order chi connectivity index (χ1) is 8.36. The van der Waals surface area contributed by atoms with E-state index in [0.717, 1.165) is 17.8 Å². The summed E-state index contributed by atoms with van der Waals surface area (Å²) in [6.07, 6.45) is 2.83. The van der Waals surface area contributed by atoms with Crippen molar-refractivity contribution >= 4 is 0 Å². The lowest BCUT2D eigenvalue weighted by Crippen LogP contribution is -2.54. The molecule has 2 atom stereocenters. The van der Waals surface area contributed by atoms with E-state index in [0.29, 0.717) is 5.54 Å². The molecule has 0 aromatic heterocycles. The van der Waals surface area contributed by atoms with Crippen LogP contribution in [0.1, 0.15) is 47.5 Å². The van der Waals surface area contributed by atoms with Crippen molar-refractivity contribution in [2.24, 2.45) is 17.8 Å². The molecule has 0 amide bonds. The van der Waals surface area contributed by atoms with E-state index in [1.165, 1.54) is 45.6 Å². The minimum absolute atomic E-state index is 0.361. The molecule has 0 N–H and O–H groups in total. The molecule has 2 rings (SSSR count). The minimum atomic E-state index is 0.361. The Bertz CT molecular complexity index is 267. The van der Waals surface area contributed by atoms with E-state index in [4.69, 9.17) is 0 Å². The lowest BCUT2D eigenvalue weighted by molar-refractivity contribution is 0.00183. The van der Waals surface area contributed by atoms with E-state index in [1.54, 1.807) is 0 Å². The molecule has 2 aliphatic heterocycles. The molecule has 0 radical (unpaired) electrons. The predicted octanol–water partition coefficient (Wildman–Crippen LogP) is 3.08. The molecule has 106 valence electrons. The van der Waals surface area contributed by atoms with Gasteiger partial charge in [-0.1, -0.05) is 13.8 Å². The van der Waals surface area contributed by atoms with Gasteiger partial charge >= 0.3 is 0 Å². The van der Waals surface area contributed by atoms with Crippen molar-refractivity contribution in [2.75, 3.05) is 32.7 Å². The normalized spacial score (nSPS) is 31.7. The third kappa shape index (κ3) is 3.48. The summed E-state index contributed by atoms with van der Waals surface area (Å²) in [5.41, 5.74) is 0.361. The van der Waals surface area contributed by atoms with Crippen LogP contribution in [0.4, 0.5) is 0 Å². The average molecular weight is 252 g/mol. The molecular formula is C16H32N2. The quantitative estimate of drug-likeness (QED) is 0.745. The van der Waals surface area contributed by atoms with Crippen molar-refractivity contribution in [1.29, 1.82) is 0 Å². The molecule has 2 nitrogen and oxygen atoms in total. The summed E-state index contributed by atoms with van der Waals surface area (Å²) in [5.74, 6) is 2.74. The number of rotatable bonds is 2. The van der Waals surface area contributed by atoms with Gasteiger partial charge in [-0.25, -0.2) is 0 Å². The summed E-state index contributed by atoms with van der Waals surface area (Å²) in [6.45, 7) is 18.4. The van der Waals surface area contributed by atoms with Crippen LogP contribution in [-0.2, 0) is 0 Å². The third-order valence-corrected chi connectivity index (χ3v) is 4.77. The highest BCUT2D eigenvalue weighted by Gasteiger charge is 2.36. The Morgan fingerprint density at radius 1 is 1.00 bits per heavy atom. The third-order valence-electron chi connectivity index (χ3n) is 4.77. The Morgan fingerprint density at radius 3 is 2.22 bits per heavy atom. The second-order valence-electron chi connectivity index (χ2n) is 7.87. The Balaban J connectivity index is 1.87. The summed E-state index contributed by atoms with van der Waals surface area (Å²) >= 11 is 0. The molecule has 2 saturated heterocycles. The Kier molecular flexibility index (Phi) is 4.38. The maximum atomic E-state index is 2.71. The minimum Gasteiger partial charge on any atom is -0.303 e. The molecule has 2 heteroatoms. The van der Waals surface area contributed by atoms with Crippen LogP contribution in [0, 0.1) is 17.8 Å². The average Bonchev–Trinajstić information content (AvgIpc) is 2.26.